The van der Waals surface area contributed by atoms with Crippen molar-refractivity contribution in [1.82, 2.24) is 9.88 Å². The Morgan fingerprint density at radius 2 is 1.87 bits per heavy atom. The Balaban J connectivity index is 1.97. The lowest BCUT2D eigenvalue weighted by molar-refractivity contribution is -0.121. The second-order valence-corrected chi connectivity index (χ2v) is 5.66. The molecule has 5 heteroatoms. The van der Waals surface area contributed by atoms with Crippen molar-refractivity contribution in [2.45, 2.75) is 31.9 Å². The van der Waals surface area contributed by atoms with E-state index in [0.717, 1.165) is 5.56 Å². The number of carbonyl (C=O) groups excluding carboxylic acids is 1. The predicted octanol–water partition coefficient (Wildman–Crippen LogP) is 1.52. The molecule has 1 amide bonds. The van der Waals surface area contributed by atoms with Crippen molar-refractivity contribution in [2.75, 3.05) is 6.54 Å². The molecule has 5 nitrogen and oxygen atoms in total. The first-order valence-electron chi connectivity index (χ1n) is 7.71. The fraction of sp³-hybridized carbons (Fsp3) is 0.333. The van der Waals surface area contributed by atoms with Crippen LogP contribution in [-0.4, -0.2) is 28.2 Å². The van der Waals surface area contributed by atoms with Gasteiger partial charge in [-0.1, -0.05) is 36.4 Å². The predicted molar refractivity (Wildman–Crippen MR) is 89.2 cm³/mol. The number of pyridine rings is 1. The third-order valence-electron chi connectivity index (χ3n) is 3.66. The minimum Gasteiger partial charge on any atom is -0.393 e. The van der Waals surface area contributed by atoms with E-state index in [1.165, 1.54) is 10.6 Å². The van der Waals surface area contributed by atoms with Crippen LogP contribution in [0.25, 0.3) is 0 Å². The average Bonchev–Trinajstić information content (AvgIpc) is 2.54. The highest BCUT2D eigenvalue weighted by Gasteiger charge is 2.15. The highest BCUT2D eigenvalue weighted by Crippen LogP contribution is 2.20. The molecule has 1 aromatic heterocycles. The third-order valence-corrected chi connectivity index (χ3v) is 3.66. The van der Waals surface area contributed by atoms with Gasteiger partial charge in [-0.3, -0.25) is 9.59 Å². The van der Waals surface area contributed by atoms with E-state index in [9.17, 15) is 14.7 Å². The van der Waals surface area contributed by atoms with Crippen molar-refractivity contribution in [1.29, 1.82) is 0 Å². The monoisotopic (exact) mass is 314 g/mol. The Hall–Kier alpha value is -2.40. The first-order chi connectivity index (χ1) is 11.1. The summed E-state index contributed by atoms with van der Waals surface area (Å²) in [6, 6.07) is 14.6. The molecule has 2 rings (SSSR count). The van der Waals surface area contributed by atoms with E-state index in [-0.39, 0.29) is 23.9 Å². The molecule has 1 heterocycles. The van der Waals surface area contributed by atoms with E-state index >= 15 is 0 Å². The minimum absolute atomic E-state index is 0.00411. The molecule has 122 valence electrons. The smallest absolute Gasteiger partial charge is 0.250 e. The van der Waals surface area contributed by atoms with Gasteiger partial charge in [0.25, 0.3) is 5.56 Å². The van der Waals surface area contributed by atoms with E-state index in [0.29, 0.717) is 13.0 Å². The van der Waals surface area contributed by atoms with Crippen LogP contribution in [0, 0.1) is 0 Å². The van der Waals surface area contributed by atoms with Crippen molar-refractivity contribution in [2.24, 2.45) is 0 Å². The number of amides is 1. The quantitative estimate of drug-likeness (QED) is 0.814. The molecule has 2 aromatic rings. The lowest BCUT2D eigenvalue weighted by Crippen LogP contribution is -2.34. The maximum Gasteiger partial charge on any atom is 0.250 e. The molecular weight excluding hydrogens is 292 g/mol. The van der Waals surface area contributed by atoms with Gasteiger partial charge in [-0.25, -0.2) is 0 Å². The molecule has 0 bridgehead atoms. The standard InChI is InChI=1S/C18H22N2O3/c1-14(21)11-16(15-7-3-2-4-8-15)12-19-17(22)13-20-10-6-5-9-18(20)23/h2-10,14,16,21H,11-13H2,1H3,(H,19,22). The molecule has 2 N–H and O–H groups in total. The van der Waals surface area contributed by atoms with Gasteiger partial charge in [0, 0.05) is 24.7 Å². The Morgan fingerprint density at radius 3 is 2.52 bits per heavy atom. The van der Waals surface area contributed by atoms with Gasteiger partial charge in [-0.05, 0) is 25.0 Å². The topological polar surface area (TPSA) is 71.3 Å². The van der Waals surface area contributed by atoms with Crippen LogP contribution >= 0.6 is 0 Å². The van der Waals surface area contributed by atoms with Crippen LogP contribution in [0.3, 0.4) is 0 Å². The first kappa shape index (κ1) is 17.0. The number of aliphatic hydroxyl groups excluding tert-OH is 1. The summed E-state index contributed by atoms with van der Waals surface area (Å²) < 4.78 is 1.36. The summed E-state index contributed by atoms with van der Waals surface area (Å²) in [5, 5.41) is 12.5. The van der Waals surface area contributed by atoms with Crippen molar-refractivity contribution >= 4 is 5.91 Å². The van der Waals surface area contributed by atoms with E-state index in [4.69, 9.17) is 0 Å². The zero-order valence-electron chi connectivity index (χ0n) is 13.2. The van der Waals surface area contributed by atoms with Crippen LogP contribution in [0.4, 0.5) is 0 Å². The largest absolute Gasteiger partial charge is 0.393 e. The van der Waals surface area contributed by atoms with E-state index < -0.39 is 6.10 Å². The Labute approximate surface area is 135 Å². The second-order valence-electron chi connectivity index (χ2n) is 5.66. The molecule has 0 aliphatic rings. The average molecular weight is 314 g/mol. The van der Waals surface area contributed by atoms with Gasteiger partial charge in [0.15, 0.2) is 0 Å². The van der Waals surface area contributed by atoms with E-state index in [1.807, 2.05) is 30.3 Å². The molecule has 0 saturated carbocycles. The molecule has 0 aliphatic carbocycles. The highest BCUT2D eigenvalue weighted by molar-refractivity contribution is 5.75. The Bertz CT molecular complexity index is 680. The lowest BCUT2D eigenvalue weighted by atomic mass is 9.93. The summed E-state index contributed by atoms with van der Waals surface area (Å²) in [5.41, 5.74) is 0.872. The SMILES string of the molecule is CC(O)CC(CNC(=O)Cn1ccccc1=O)c1ccccc1. The van der Waals surface area contributed by atoms with Gasteiger partial charge in [-0.15, -0.1) is 0 Å². The molecule has 0 saturated heterocycles. The summed E-state index contributed by atoms with van der Waals surface area (Å²) in [6.07, 6.45) is 1.70. The summed E-state index contributed by atoms with van der Waals surface area (Å²) in [6.45, 7) is 2.16. The molecule has 0 spiro atoms. The zero-order valence-corrected chi connectivity index (χ0v) is 13.2. The van der Waals surface area contributed by atoms with Gasteiger partial charge in [-0.2, -0.15) is 0 Å². The van der Waals surface area contributed by atoms with Crippen molar-refractivity contribution < 1.29 is 9.90 Å². The van der Waals surface area contributed by atoms with Crippen molar-refractivity contribution in [3.05, 3.63) is 70.6 Å². The lowest BCUT2D eigenvalue weighted by Gasteiger charge is -2.19. The van der Waals surface area contributed by atoms with Crippen LogP contribution in [0.2, 0.25) is 0 Å². The highest BCUT2D eigenvalue weighted by atomic mass is 16.3. The summed E-state index contributed by atoms with van der Waals surface area (Å²) in [7, 11) is 0. The second kappa shape index (κ2) is 8.29. The fourth-order valence-corrected chi connectivity index (χ4v) is 2.51. The maximum absolute atomic E-state index is 12.1. The van der Waals surface area contributed by atoms with E-state index in [2.05, 4.69) is 5.32 Å². The number of nitrogens with zero attached hydrogens (tertiary/aromatic N) is 1. The molecule has 0 radical (unpaired) electrons. The van der Waals surface area contributed by atoms with Crippen LogP contribution in [0.1, 0.15) is 24.8 Å². The van der Waals surface area contributed by atoms with Gasteiger partial charge in [0.1, 0.15) is 6.54 Å². The fourth-order valence-electron chi connectivity index (χ4n) is 2.51. The van der Waals surface area contributed by atoms with Gasteiger partial charge < -0.3 is 15.0 Å². The van der Waals surface area contributed by atoms with Crippen LogP contribution in [-0.2, 0) is 11.3 Å². The number of carbonyl (C=O) groups is 1. The van der Waals surface area contributed by atoms with Crippen molar-refractivity contribution in [3.63, 3.8) is 0 Å². The van der Waals surface area contributed by atoms with Crippen LogP contribution in [0.5, 0.6) is 0 Å². The number of hydrogen-bond donors (Lipinski definition) is 2. The molecular formula is C18H22N2O3. The summed E-state index contributed by atoms with van der Waals surface area (Å²) >= 11 is 0. The maximum atomic E-state index is 12.1. The van der Waals surface area contributed by atoms with Gasteiger partial charge in [0.05, 0.1) is 6.10 Å². The zero-order chi connectivity index (χ0) is 16.7. The number of nitrogens with one attached hydrogen (secondary N) is 1. The summed E-state index contributed by atoms with van der Waals surface area (Å²) in [5.74, 6) is -0.183. The molecule has 2 unspecified atom stereocenters. The molecule has 23 heavy (non-hydrogen) atoms. The van der Waals surface area contributed by atoms with E-state index in [1.54, 1.807) is 25.3 Å². The molecule has 1 aromatic carbocycles. The third kappa shape index (κ3) is 5.38. The van der Waals surface area contributed by atoms with Gasteiger partial charge >= 0.3 is 0 Å². The number of aromatic nitrogens is 1. The Kier molecular flexibility index (Phi) is 6.11. The Morgan fingerprint density at radius 1 is 1.17 bits per heavy atom. The number of rotatable bonds is 7. The molecule has 0 fully saturated rings. The minimum atomic E-state index is -0.450. The number of aliphatic hydroxyl groups is 1. The number of benzene rings is 1. The summed E-state index contributed by atoms with van der Waals surface area (Å²) in [4.78, 5) is 23.7. The van der Waals surface area contributed by atoms with Gasteiger partial charge in [0.2, 0.25) is 5.91 Å². The molecule has 2 atom stereocenters. The van der Waals surface area contributed by atoms with Crippen LogP contribution in [0.15, 0.2) is 59.5 Å². The molecule has 0 aliphatic heterocycles. The first-order valence-corrected chi connectivity index (χ1v) is 7.71. The normalized spacial score (nSPS) is 13.3. The number of hydrogen-bond acceptors (Lipinski definition) is 3. The van der Waals surface area contributed by atoms with Crippen molar-refractivity contribution in [3.8, 4) is 0 Å². The van der Waals surface area contributed by atoms with Crippen LogP contribution < -0.4 is 10.9 Å².